The highest BCUT2D eigenvalue weighted by molar-refractivity contribution is 5.92. The number of para-hydroxylation sites is 1. The zero-order valence-corrected chi connectivity index (χ0v) is 11.5. The fourth-order valence-electron chi connectivity index (χ4n) is 1.84. The van der Waals surface area contributed by atoms with Gasteiger partial charge in [-0.2, -0.15) is 0 Å². The summed E-state index contributed by atoms with van der Waals surface area (Å²) in [7, 11) is 1.66. The molecule has 0 spiro atoms. The van der Waals surface area contributed by atoms with Crippen molar-refractivity contribution in [1.29, 1.82) is 0 Å². The molecule has 0 atom stereocenters. The number of ether oxygens (including phenoxy) is 1. The molecule has 0 aliphatic heterocycles. The van der Waals surface area contributed by atoms with Crippen molar-refractivity contribution < 1.29 is 9.15 Å². The second-order valence-electron chi connectivity index (χ2n) is 4.31. The maximum Gasteiger partial charge on any atom is 0.193 e. The van der Waals surface area contributed by atoms with Crippen molar-refractivity contribution in [1.82, 2.24) is 0 Å². The largest absolute Gasteiger partial charge is 0.469 e. The zero-order chi connectivity index (χ0) is 14.2. The number of hydrogen-bond acceptors (Lipinski definition) is 3. The van der Waals surface area contributed by atoms with Gasteiger partial charge >= 0.3 is 0 Å². The van der Waals surface area contributed by atoms with E-state index in [4.69, 9.17) is 14.9 Å². The van der Waals surface area contributed by atoms with E-state index in [0.29, 0.717) is 19.1 Å². The smallest absolute Gasteiger partial charge is 0.193 e. The molecule has 0 aliphatic carbocycles. The van der Waals surface area contributed by atoms with Gasteiger partial charge in [-0.1, -0.05) is 18.2 Å². The number of rotatable bonds is 6. The third-order valence-corrected chi connectivity index (χ3v) is 2.80. The van der Waals surface area contributed by atoms with E-state index in [-0.39, 0.29) is 0 Å². The Hall–Kier alpha value is -2.27. The third kappa shape index (κ3) is 4.13. The van der Waals surface area contributed by atoms with Crippen LogP contribution in [-0.2, 0) is 17.8 Å². The molecule has 0 saturated carbocycles. The molecule has 3 N–H and O–H groups in total. The van der Waals surface area contributed by atoms with Gasteiger partial charge in [0.05, 0.1) is 12.9 Å². The molecule has 2 aromatic rings. The van der Waals surface area contributed by atoms with E-state index in [9.17, 15) is 0 Å². The topological polar surface area (TPSA) is 72.8 Å². The average Bonchev–Trinajstić information content (AvgIpc) is 2.94. The number of anilines is 1. The highest BCUT2D eigenvalue weighted by Crippen LogP contribution is 2.15. The molecule has 0 unspecified atom stereocenters. The molecule has 0 aliphatic rings. The van der Waals surface area contributed by atoms with Gasteiger partial charge in [0.1, 0.15) is 5.76 Å². The maximum absolute atomic E-state index is 5.88. The molecule has 1 aromatic heterocycles. The Bertz CT molecular complexity index is 550. The maximum atomic E-state index is 5.88. The van der Waals surface area contributed by atoms with Crippen molar-refractivity contribution in [2.45, 2.75) is 13.0 Å². The highest BCUT2D eigenvalue weighted by atomic mass is 16.5. The van der Waals surface area contributed by atoms with Gasteiger partial charge in [0, 0.05) is 31.3 Å². The lowest BCUT2D eigenvalue weighted by atomic mass is 10.2. The number of hydrogen-bond donors (Lipinski definition) is 2. The van der Waals surface area contributed by atoms with E-state index in [1.54, 1.807) is 13.4 Å². The lowest BCUT2D eigenvalue weighted by molar-refractivity contribution is 0.185. The lowest BCUT2D eigenvalue weighted by Gasteiger charge is -2.10. The van der Waals surface area contributed by atoms with E-state index in [1.165, 1.54) is 0 Å². The molecule has 20 heavy (non-hydrogen) atoms. The standard InChI is InChI=1S/C15H19N3O2/c1-19-11-12-5-2-3-7-14(12)18-15(16)17-9-8-13-6-4-10-20-13/h2-7,10H,8-9,11H2,1H3,(H3,16,17,18). The van der Waals surface area contributed by atoms with E-state index in [1.807, 2.05) is 36.4 Å². The van der Waals surface area contributed by atoms with Crippen molar-refractivity contribution >= 4 is 11.6 Å². The summed E-state index contributed by atoms with van der Waals surface area (Å²) in [5.41, 5.74) is 7.83. The van der Waals surface area contributed by atoms with Gasteiger partial charge in [0.15, 0.2) is 5.96 Å². The van der Waals surface area contributed by atoms with E-state index in [2.05, 4.69) is 10.3 Å². The fourth-order valence-corrected chi connectivity index (χ4v) is 1.84. The summed E-state index contributed by atoms with van der Waals surface area (Å²) >= 11 is 0. The first-order valence-electron chi connectivity index (χ1n) is 6.46. The molecule has 2 rings (SSSR count). The molecular weight excluding hydrogens is 254 g/mol. The molecule has 106 valence electrons. The SMILES string of the molecule is COCc1ccccc1NC(N)=NCCc1ccco1. The Morgan fingerprint density at radius 2 is 2.15 bits per heavy atom. The Labute approximate surface area is 118 Å². The van der Waals surface area contributed by atoms with Crippen LogP contribution >= 0.6 is 0 Å². The molecule has 5 nitrogen and oxygen atoms in total. The number of nitrogens with two attached hydrogens (primary N) is 1. The van der Waals surface area contributed by atoms with Crippen LogP contribution in [0, 0.1) is 0 Å². The van der Waals surface area contributed by atoms with Crippen LogP contribution in [0.15, 0.2) is 52.1 Å². The summed E-state index contributed by atoms with van der Waals surface area (Å²) in [4.78, 5) is 4.28. The van der Waals surface area contributed by atoms with Gasteiger partial charge in [0.25, 0.3) is 0 Å². The Balaban J connectivity index is 1.91. The van der Waals surface area contributed by atoms with Gasteiger partial charge in [0.2, 0.25) is 0 Å². The van der Waals surface area contributed by atoms with Crippen LogP contribution in [0.4, 0.5) is 5.69 Å². The number of methoxy groups -OCH3 is 1. The van der Waals surface area contributed by atoms with Crippen molar-refractivity contribution in [3.63, 3.8) is 0 Å². The summed E-state index contributed by atoms with van der Waals surface area (Å²) in [6.07, 6.45) is 2.39. The first kappa shape index (κ1) is 14.1. The molecule has 1 aromatic carbocycles. The van der Waals surface area contributed by atoms with Crippen LogP contribution in [0.5, 0.6) is 0 Å². The predicted octanol–water partition coefficient (Wildman–Crippen LogP) is 2.40. The van der Waals surface area contributed by atoms with E-state index >= 15 is 0 Å². The van der Waals surface area contributed by atoms with Crippen LogP contribution in [-0.4, -0.2) is 19.6 Å². The molecule has 0 radical (unpaired) electrons. The lowest BCUT2D eigenvalue weighted by Crippen LogP contribution is -2.23. The van der Waals surface area contributed by atoms with Gasteiger partial charge in [-0.25, -0.2) is 0 Å². The molecule has 5 heteroatoms. The van der Waals surface area contributed by atoms with Gasteiger partial charge < -0.3 is 20.2 Å². The van der Waals surface area contributed by atoms with Crippen molar-refractivity contribution in [2.24, 2.45) is 10.7 Å². The third-order valence-electron chi connectivity index (χ3n) is 2.80. The average molecular weight is 273 g/mol. The van der Waals surface area contributed by atoms with Crippen molar-refractivity contribution in [3.05, 3.63) is 54.0 Å². The first-order valence-corrected chi connectivity index (χ1v) is 6.46. The van der Waals surface area contributed by atoms with Crippen LogP contribution in [0.1, 0.15) is 11.3 Å². The quantitative estimate of drug-likeness (QED) is 0.626. The number of benzene rings is 1. The Kier molecular flexibility index (Phi) is 5.20. The monoisotopic (exact) mass is 273 g/mol. The Morgan fingerprint density at radius 1 is 1.30 bits per heavy atom. The van der Waals surface area contributed by atoms with Crippen molar-refractivity contribution in [3.8, 4) is 0 Å². The molecular formula is C15H19N3O2. The van der Waals surface area contributed by atoms with Gasteiger partial charge in [-0.3, -0.25) is 4.99 Å². The fraction of sp³-hybridized carbons (Fsp3) is 0.267. The minimum Gasteiger partial charge on any atom is -0.469 e. The summed E-state index contributed by atoms with van der Waals surface area (Å²) in [6, 6.07) is 11.6. The number of aliphatic imine (C=N–C) groups is 1. The van der Waals surface area contributed by atoms with E-state index in [0.717, 1.165) is 23.4 Å². The van der Waals surface area contributed by atoms with Gasteiger partial charge in [-0.05, 0) is 18.2 Å². The predicted molar refractivity (Wildman–Crippen MR) is 79.7 cm³/mol. The number of guanidine groups is 1. The van der Waals surface area contributed by atoms with Crippen LogP contribution in [0.3, 0.4) is 0 Å². The molecule has 1 heterocycles. The second-order valence-corrected chi connectivity index (χ2v) is 4.31. The number of nitrogens with one attached hydrogen (secondary N) is 1. The van der Waals surface area contributed by atoms with Crippen molar-refractivity contribution in [2.75, 3.05) is 19.0 Å². The summed E-state index contributed by atoms with van der Waals surface area (Å²) in [6.45, 7) is 1.11. The Morgan fingerprint density at radius 3 is 2.90 bits per heavy atom. The summed E-state index contributed by atoms with van der Waals surface area (Å²) in [5, 5.41) is 3.09. The molecule has 0 fully saturated rings. The summed E-state index contributed by atoms with van der Waals surface area (Å²) < 4.78 is 10.4. The summed E-state index contributed by atoms with van der Waals surface area (Å²) in [5.74, 6) is 1.29. The second kappa shape index (κ2) is 7.35. The van der Waals surface area contributed by atoms with Gasteiger partial charge in [-0.15, -0.1) is 0 Å². The minimum atomic E-state index is 0.389. The molecule has 0 bridgehead atoms. The molecule has 0 saturated heterocycles. The number of furan rings is 1. The number of nitrogens with zero attached hydrogens (tertiary/aromatic N) is 1. The van der Waals surface area contributed by atoms with Crippen LogP contribution in [0.2, 0.25) is 0 Å². The van der Waals surface area contributed by atoms with E-state index < -0.39 is 0 Å². The molecule has 0 amide bonds. The normalized spacial score (nSPS) is 11.6. The zero-order valence-electron chi connectivity index (χ0n) is 11.5. The first-order chi connectivity index (χ1) is 9.79. The van der Waals surface area contributed by atoms with Crippen LogP contribution in [0.25, 0.3) is 0 Å². The highest BCUT2D eigenvalue weighted by Gasteiger charge is 2.02. The van der Waals surface area contributed by atoms with Crippen LogP contribution < -0.4 is 11.1 Å². The minimum absolute atomic E-state index is 0.389.